The Morgan fingerprint density at radius 2 is 2.13 bits per heavy atom. The first-order chi connectivity index (χ1) is 7.15. The van der Waals surface area contributed by atoms with E-state index in [1.807, 2.05) is 0 Å². The molecule has 0 amide bonds. The third-order valence-electron chi connectivity index (χ3n) is 1.91. The minimum Gasteiger partial charge on any atom is -0.381 e. The van der Waals surface area contributed by atoms with Crippen LogP contribution in [0.25, 0.3) is 0 Å². The van der Waals surface area contributed by atoms with Crippen molar-refractivity contribution >= 4 is 5.78 Å². The second-order valence-corrected chi connectivity index (χ2v) is 2.99. The molecule has 0 aliphatic rings. The lowest BCUT2D eigenvalue weighted by Crippen LogP contribution is -2.07. The zero-order chi connectivity index (χ0) is 11.3. The molecule has 1 rings (SSSR count). The van der Waals surface area contributed by atoms with Crippen molar-refractivity contribution in [2.24, 2.45) is 0 Å². The van der Waals surface area contributed by atoms with Gasteiger partial charge in [0.05, 0.1) is 12.2 Å². The fraction of sp³-hybridized carbons (Fsp3) is 0.364. The van der Waals surface area contributed by atoms with Crippen molar-refractivity contribution in [2.45, 2.75) is 13.3 Å². The van der Waals surface area contributed by atoms with E-state index in [0.717, 1.165) is 18.2 Å². The molecule has 1 aromatic rings. The highest BCUT2D eigenvalue weighted by atomic mass is 19.1. The second kappa shape index (κ2) is 5.56. The summed E-state index contributed by atoms with van der Waals surface area (Å²) in [7, 11) is 0. The summed E-state index contributed by atoms with van der Waals surface area (Å²) in [4.78, 5) is 11.4. The van der Waals surface area contributed by atoms with Gasteiger partial charge in [0.1, 0.15) is 11.6 Å². The smallest absolute Gasteiger partial charge is 0.168 e. The van der Waals surface area contributed by atoms with Gasteiger partial charge in [0.15, 0.2) is 5.78 Å². The van der Waals surface area contributed by atoms with Gasteiger partial charge in [-0.1, -0.05) is 0 Å². The van der Waals surface area contributed by atoms with Crippen LogP contribution in [0.2, 0.25) is 0 Å². The summed E-state index contributed by atoms with van der Waals surface area (Å²) in [5.41, 5.74) is -0.213. The quantitative estimate of drug-likeness (QED) is 0.556. The van der Waals surface area contributed by atoms with Crippen LogP contribution in [-0.4, -0.2) is 19.0 Å². The van der Waals surface area contributed by atoms with Crippen molar-refractivity contribution in [1.29, 1.82) is 0 Å². The van der Waals surface area contributed by atoms with Crippen molar-refractivity contribution in [1.82, 2.24) is 0 Å². The van der Waals surface area contributed by atoms with Crippen molar-refractivity contribution in [3.8, 4) is 0 Å². The van der Waals surface area contributed by atoms with Gasteiger partial charge in [0.2, 0.25) is 0 Å². The summed E-state index contributed by atoms with van der Waals surface area (Å²) in [6.45, 7) is 2.53. The average molecular weight is 214 g/mol. The van der Waals surface area contributed by atoms with Crippen molar-refractivity contribution in [2.75, 3.05) is 13.2 Å². The minimum absolute atomic E-state index is 0.0637. The van der Waals surface area contributed by atoms with E-state index in [0.29, 0.717) is 6.61 Å². The molecule has 0 fully saturated rings. The predicted octanol–water partition coefficient (Wildman–Crippen LogP) is 2.57. The standard InChI is InChI=1S/C11H12F2O2/c1-2-15-6-5-11(14)9-7-8(12)3-4-10(9)13/h3-4,7H,2,5-6H2,1H3. The zero-order valence-electron chi connectivity index (χ0n) is 8.43. The number of Topliss-reactive ketones (excluding diaryl/α,β-unsaturated/α-hetero) is 1. The molecule has 4 heteroatoms. The minimum atomic E-state index is -0.696. The van der Waals surface area contributed by atoms with Gasteiger partial charge in [-0.25, -0.2) is 8.78 Å². The summed E-state index contributed by atoms with van der Waals surface area (Å²) in [6, 6.07) is 2.83. The van der Waals surface area contributed by atoms with Crippen LogP contribution in [0.1, 0.15) is 23.7 Å². The van der Waals surface area contributed by atoms with Gasteiger partial charge < -0.3 is 4.74 Å². The maximum absolute atomic E-state index is 13.1. The molecule has 0 aliphatic heterocycles. The molecular formula is C11H12F2O2. The number of hydrogen-bond acceptors (Lipinski definition) is 2. The van der Waals surface area contributed by atoms with E-state index in [-0.39, 0.29) is 18.6 Å². The Bertz CT molecular complexity index is 350. The van der Waals surface area contributed by atoms with E-state index < -0.39 is 17.4 Å². The predicted molar refractivity (Wildman–Crippen MR) is 51.8 cm³/mol. The van der Waals surface area contributed by atoms with Crippen LogP contribution < -0.4 is 0 Å². The number of rotatable bonds is 5. The lowest BCUT2D eigenvalue weighted by atomic mass is 10.1. The van der Waals surface area contributed by atoms with Gasteiger partial charge in [-0.2, -0.15) is 0 Å². The molecule has 0 bridgehead atoms. The fourth-order valence-electron chi connectivity index (χ4n) is 1.16. The number of carbonyl (C=O) groups is 1. The Morgan fingerprint density at radius 3 is 2.80 bits per heavy atom. The summed E-state index contributed by atoms with van der Waals surface area (Å²) < 4.78 is 30.8. The van der Waals surface area contributed by atoms with Crippen molar-refractivity contribution in [3.05, 3.63) is 35.4 Å². The van der Waals surface area contributed by atoms with Crippen molar-refractivity contribution in [3.63, 3.8) is 0 Å². The Labute approximate surface area is 86.9 Å². The summed E-state index contributed by atoms with van der Waals surface area (Å²) in [5.74, 6) is -1.76. The van der Waals surface area contributed by atoms with Crippen LogP contribution in [0.3, 0.4) is 0 Å². The molecule has 15 heavy (non-hydrogen) atoms. The molecule has 0 aliphatic carbocycles. The van der Waals surface area contributed by atoms with E-state index in [9.17, 15) is 13.6 Å². The number of benzene rings is 1. The normalized spacial score (nSPS) is 10.3. The number of ether oxygens (including phenoxy) is 1. The summed E-state index contributed by atoms with van der Waals surface area (Å²) in [6.07, 6.45) is 0.0637. The van der Waals surface area contributed by atoms with E-state index in [1.165, 1.54) is 0 Å². The zero-order valence-corrected chi connectivity index (χ0v) is 8.43. The summed E-state index contributed by atoms with van der Waals surface area (Å²) in [5, 5.41) is 0. The number of ketones is 1. The van der Waals surface area contributed by atoms with Crippen LogP contribution >= 0.6 is 0 Å². The first kappa shape index (κ1) is 11.8. The molecule has 0 saturated heterocycles. The van der Waals surface area contributed by atoms with Gasteiger partial charge >= 0.3 is 0 Å². The Balaban J connectivity index is 2.68. The third kappa shape index (κ3) is 3.40. The molecule has 0 aromatic heterocycles. The number of halogens is 2. The lowest BCUT2D eigenvalue weighted by Gasteiger charge is -2.03. The molecule has 0 atom stereocenters. The molecular weight excluding hydrogens is 202 g/mol. The highest BCUT2D eigenvalue weighted by Crippen LogP contribution is 2.11. The number of hydrogen-bond donors (Lipinski definition) is 0. The first-order valence-electron chi connectivity index (χ1n) is 4.71. The second-order valence-electron chi connectivity index (χ2n) is 2.99. The maximum Gasteiger partial charge on any atom is 0.168 e. The lowest BCUT2D eigenvalue weighted by molar-refractivity contribution is 0.0891. The molecule has 0 heterocycles. The van der Waals surface area contributed by atoms with Gasteiger partial charge in [-0.05, 0) is 25.1 Å². The maximum atomic E-state index is 13.1. The molecule has 82 valence electrons. The van der Waals surface area contributed by atoms with Gasteiger partial charge in [0.25, 0.3) is 0 Å². The summed E-state index contributed by atoms with van der Waals surface area (Å²) >= 11 is 0. The average Bonchev–Trinajstić information content (AvgIpc) is 2.22. The molecule has 0 spiro atoms. The Kier molecular flexibility index (Phi) is 4.37. The molecule has 0 saturated carbocycles. The first-order valence-corrected chi connectivity index (χ1v) is 4.71. The number of carbonyl (C=O) groups excluding carboxylic acids is 1. The van der Waals surface area contributed by atoms with Crippen LogP contribution in [0.4, 0.5) is 8.78 Å². The molecule has 2 nitrogen and oxygen atoms in total. The van der Waals surface area contributed by atoms with E-state index in [2.05, 4.69) is 0 Å². The molecule has 0 radical (unpaired) electrons. The van der Waals surface area contributed by atoms with Gasteiger partial charge in [0, 0.05) is 13.0 Å². The monoisotopic (exact) mass is 214 g/mol. The Morgan fingerprint density at radius 1 is 1.40 bits per heavy atom. The molecule has 1 aromatic carbocycles. The van der Waals surface area contributed by atoms with E-state index in [1.54, 1.807) is 6.92 Å². The van der Waals surface area contributed by atoms with Gasteiger partial charge in [-0.15, -0.1) is 0 Å². The molecule has 0 unspecified atom stereocenters. The Hall–Kier alpha value is -1.29. The van der Waals surface area contributed by atoms with Crippen LogP contribution in [0.5, 0.6) is 0 Å². The topological polar surface area (TPSA) is 26.3 Å². The van der Waals surface area contributed by atoms with E-state index >= 15 is 0 Å². The highest BCUT2D eigenvalue weighted by Gasteiger charge is 2.12. The van der Waals surface area contributed by atoms with Crippen LogP contribution in [0, 0.1) is 11.6 Å². The fourth-order valence-corrected chi connectivity index (χ4v) is 1.16. The molecule has 0 N–H and O–H groups in total. The van der Waals surface area contributed by atoms with Crippen molar-refractivity contribution < 1.29 is 18.3 Å². The largest absolute Gasteiger partial charge is 0.381 e. The van der Waals surface area contributed by atoms with Crippen LogP contribution in [-0.2, 0) is 4.74 Å². The van der Waals surface area contributed by atoms with Gasteiger partial charge in [-0.3, -0.25) is 4.79 Å². The highest BCUT2D eigenvalue weighted by molar-refractivity contribution is 5.96. The SMILES string of the molecule is CCOCCC(=O)c1cc(F)ccc1F. The van der Waals surface area contributed by atoms with Crippen LogP contribution in [0.15, 0.2) is 18.2 Å². The third-order valence-corrected chi connectivity index (χ3v) is 1.91. The van der Waals surface area contributed by atoms with E-state index in [4.69, 9.17) is 4.74 Å².